The molecular formula is C14H13ClFN5O2. The summed E-state index contributed by atoms with van der Waals surface area (Å²) in [6.07, 6.45) is 1.27. The molecular weight excluding hydrogens is 325 g/mol. The Morgan fingerprint density at radius 1 is 1.43 bits per heavy atom. The summed E-state index contributed by atoms with van der Waals surface area (Å²) in [6, 6.07) is 5.95. The van der Waals surface area contributed by atoms with Gasteiger partial charge in [0.05, 0.1) is 24.0 Å². The second-order valence-corrected chi connectivity index (χ2v) is 5.00. The van der Waals surface area contributed by atoms with E-state index in [1.807, 2.05) is 5.43 Å². The van der Waals surface area contributed by atoms with Crippen LogP contribution in [0.4, 0.5) is 4.39 Å². The lowest BCUT2D eigenvalue weighted by Crippen LogP contribution is -2.32. The molecule has 23 heavy (non-hydrogen) atoms. The van der Waals surface area contributed by atoms with Crippen LogP contribution in [0.3, 0.4) is 0 Å². The van der Waals surface area contributed by atoms with E-state index in [0.29, 0.717) is 23.0 Å². The van der Waals surface area contributed by atoms with Crippen LogP contribution in [0.2, 0.25) is 5.15 Å². The van der Waals surface area contributed by atoms with Gasteiger partial charge in [0.25, 0.3) is 0 Å². The first-order chi connectivity index (χ1) is 10.9. The third-order valence-corrected chi connectivity index (χ3v) is 3.34. The molecule has 120 valence electrons. The SMILES string of the molecule is Cc1nn(Cc2ccc(F)cc2)c(Cl)c1C=NNC(=O)C(N)=O. The van der Waals surface area contributed by atoms with Gasteiger partial charge in [0, 0.05) is 0 Å². The third kappa shape index (κ3) is 4.13. The van der Waals surface area contributed by atoms with E-state index in [0.717, 1.165) is 5.56 Å². The van der Waals surface area contributed by atoms with Gasteiger partial charge in [-0.15, -0.1) is 0 Å². The molecule has 2 aromatic rings. The van der Waals surface area contributed by atoms with E-state index in [9.17, 15) is 14.0 Å². The Morgan fingerprint density at radius 3 is 2.70 bits per heavy atom. The Balaban J connectivity index is 2.15. The maximum atomic E-state index is 12.9. The average molecular weight is 338 g/mol. The summed E-state index contributed by atoms with van der Waals surface area (Å²) in [7, 11) is 0. The van der Waals surface area contributed by atoms with Crippen LogP contribution in [0, 0.1) is 12.7 Å². The number of nitrogens with two attached hydrogens (primary N) is 1. The van der Waals surface area contributed by atoms with Crippen molar-refractivity contribution in [3.05, 3.63) is 52.1 Å². The van der Waals surface area contributed by atoms with E-state index in [2.05, 4.69) is 10.2 Å². The monoisotopic (exact) mass is 337 g/mol. The average Bonchev–Trinajstić information content (AvgIpc) is 2.76. The van der Waals surface area contributed by atoms with E-state index in [-0.39, 0.29) is 5.82 Å². The first-order valence-electron chi connectivity index (χ1n) is 6.48. The number of hydrazone groups is 1. The Hall–Kier alpha value is -2.74. The van der Waals surface area contributed by atoms with Crippen LogP contribution in [0.1, 0.15) is 16.8 Å². The van der Waals surface area contributed by atoms with Crippen LogP contribution >= 0.6 is 11.6 Å². The normalized spacial score (nSPS) is 10.9. The molecule has 3 N–H and O–H groups in total. The van der Waals surface area contributed by atoms with Gasteiger partial charge in [-0.25, -0.2) is 14.5 Å². The second kappa shape index (κ2) is 7.01. The molecule has 2 amide bonds. The zero-order chi connectivity index (χ0) is 17.0. The minimum Gasteiger partial charge on any atom is -0.361 e. The molecule has 0 aliphatic rings. The first-order valence-corrected chi connectivity index (χ1v) is 6.86. The molecule has 0 unspecified atom stereocenters. The van der Waals surface area contributed by atoms with Gasteiger partial charge in [-0.05, 0) is 24.6 Å². The molecule has 0 aliphatic heterocycles. The molecule has 1 heterocycles. The van der Waals surface area contributed by atoms with Crippen molar-refractivity contribution in [3.8, 4) is 0 Å². The molecule has 7 nitrogen and oxygen atoms in total. The number of hydrogen-bond donors (Lipinski definition) is 2. The van der Waals surface area contributed by atoms with Crippen LogP contribution < -0.4 is 11.2 Å². The number of benzene rings is 1. The van der Waals surface area contributed by atoms with Crippen molar-refractivity contribution in [2.45, 2.75) is 13.5 Å². The molecule has 2 rings (SSSR count). The molecule has 1 aromatic carbocycles. The number of carbonyl (C=O) groups excluding carboxylic acids is 2. The largest absolute Gasteiger partial charge is 0.361 e. The summed E-state index contributed by atoms with van der Waals surface area (Å²) in [5.74, 6) is -2.50. The minimum atomic E-state index is -1.14. The quantitative estimate of drug-likeness (QED) is 0.493. The fourth-order valence-electron chi connectivity index (χ4n) is 1.79. The molecule has 9 heteroatoms. The molecule has 0 fully saturated rings. The number of rotatable bonds is 4. The number of aryl methyl sites for hydroxylation is 1. The minimum absolute atomic E-state index is 0.295. The Morgan fingerprint density at radius 2 is 2.09 bits per heavy atom. The number of hydrogen-bond acceptors (Lipinski definition) is 4. The molecule has 0 bridgehead atoms. The number of carbonyl (C=O) groups is 2. The van der Waals surface area contributed by atoms with Crippen molar-refractivity contribution in [2.75, 3.05) is 0 Å². The summed E-state index contributed by atoms with van der Waals surface area (Å²) in [5, 5.41) is 8.16. The lowest BCUT2D eigenvalue weighted by atomic mass is 10.2. The van der Waals surface area contributed by atoms with Gasteiger partial charge in [0.2, 0.25) is 0 Å². The molecule has 0 atom stereocenters. The number of aromatic nitrogens is 2. The maximum absolute atomic E-state index is 12.9. The van der Waals surface area contributed by atoms with Gasteiger partial charge in [-0.3, -0.25) is 9.59 Å². The standard InChI is InChI=1S/C14H13ClFN5O2/c1-8-11(6-18-19-14(23)13(17)22)12(15)21(20-8)7-9-2-4-10(16)5-3-9/h2-6H,7H2,1H3,(H2,17,22)(H,19,23). The lowest BCUT2D eigenvalue weighted by molar-refractivity contribution is -0.137. The fourth-order valence-corrected chi connectivity index (χ4v) is 2.07. The van der Waals surface area contributed by atoms with E-state index in [1.165, 1.54) is 23.0 Å². The number of amides is 2. The van der Waals surface area contributed by atoms with Gasteiger partial charge >= 0.3 is 11.8 Å². The zero-order valence-electron chi connectivity index (χ0n) is 12.1. The topological polar surface area (TPSA) is 102 Å². The van der Waals surface area contributed by atoms with Crippen molar-refractivity contribution < 1.29 is 14.0 Å². The van der Waals surface area contributed by atoms with Gasteiger partial charge < -0.3 is 5.73 Å². The molecule has 0 saturated carbocycles. The van der Waals surface area contributed by atoms with Crippen LogP contribution in [0.15, 0.2) is 29.4 Å². The summed E-state index contributed by atoms with van der Waals surface area (Å²) in [6.45, 7) is 2.06. The molecule has 0 radical (unpaired) electrons. The zero-order valence-corrected chi connectivity index (χ0v) is 12.8. The highest BCUT2D eigenvalue weighted by Gasteiger charge is 2.13. The van der Waals surface area contributed by atoms with Crippen molar-refractivity contribution in [3.63, 3.8) is 0 Å². The Labute approximate surface area is 135 Å². The number of halogens is 2. The van der Waals surface area contributed by atoms with E-state index >= 15 is 0 Å². The predicted molar refractivity (Wildman–Crippen MR) is 82.4 cm³/mol. The van der Waals surface area contributed by atoms with E-state index in [1.54, 1.807) is 19.1 Å². The smallest absolute Gasteiger partial charge is 0.329 e. The lowest BCUT2D eigenvalue weighted by Gasteiger charge is -2.03. The number of nitrogens with one attached hydrogen (secondary N) is 1. The Bertz CT molecular complexity index is 770. The number of primary amides is 1. The number of nitrogens with zero attached hydrogens (tertiary/aromatic N) is 3. The van der Waals surface area contributed by atoms with Gasteiger partial charge in [-0.1, -0.05) is 23.7 Å². The predicted octanol–water partition coefficient (Wildman–Crippen LogP) is 0.968. The van der Waals surface area contributed by atoms with Gasteiger partial charge in [-0.2, -0.15) is 10.2 Å². The van der Waals surface area contributed by atoms with Crippen LogP contribution in [-0.4, -0.2) is 27.8 Å². The van der Waals surface area contributed by atoms with Gasteiger partial charge in [0.15, 0.2) is 0 Å². The summed E-state index contributed by atoms with van der Waals surface area (Å²) >= 11 is 6.22. The summed E-state index contributed by atoms with van der Waals surface area (Å²) < 4.78 is 14.4. The first kappa shape index (κ1) is 16.6. The Kier molecular flexibility index (Phi) is 5.07. The summed E-state index contributed by atoms with van der Waals surface area (Å²) in [4.78, 5) is 21.6. The summed E-state index contributed by atoms with van der Waals surface area (Å²) in [5.41, 5.74) is 8.63. The highest BCUT2D eigenvalue weighted by molar-refractivity contribution is 6.34. The maximum Gasteiger partial charge on any atom is 0.329 e. The highest BCUT2D eigenvalue weighted by atomic mass is 35.5. The van der Waals surface area contributed by atoms with E-state index < -0.39 is 11.8 Å². The second-order valence-electron chi connectivity index (χ2n) is 4.64. The van der Waals surface area contributed by atoms with Crippen LogP contribution in [-0.2, 0) is 16.1 Å². The van der Waals surface area contributed by atoms with Crippen molar-refractivity contribution in [2.24, 2.45) is 10.8 Å². The van der Waals surface area contributed by atoms with Crippen LogP contribution in [0.25, 0.3) is 0 Å². The molecule has 0 aliphatic carbocycles. The highest BCUT2D eigenvalue weighted by Crippen LogP contribution is 2.19. The third-order valence-electron chi connectivity index (χ3n) is 2.94. The molecule has 0 spiro atoms. The van der Waals surface area contributed by atoms with Crippen molar-refractivity contribution in [1.82, 2.24) is 15.2 Å². The fraction of sp³-hybridized carbons (Fsp3) is 0.143. The van der Waals surface area contributed by atoms with Crippen LogP contribution in [0.5, 0.6) is 0 Å². The van der Waals surface area contributed by atoms with E-state index in [4.69, 9.17) is 17.3 Å². The molecule has 1 aromatic heterocycles. The molecule has 0 saturated heterocycles. The van der Waals surface area contributed by atoms with Crippen molar-refractivity contribution in [1.29, 1.82) is 0 Å². The van der Waals surface area contributed by atoms with Gasteiger partial charge in [0.1, 0.15) is 11.0 Å². The van der Waals surface area contributed by atoms with Crippen molar-refractivity contribution >= 4 is 29.6 Å².